The summed E-state index contributed by atoms with van der Waals surface area (Å²) in [5.41, 5.74) is 1.74. The molecule has 0 saturated carbocycles. The van der Waals surface area contributed by atoms with E-state index in [4.69, 9.17) is 9.47 Å². The quantitative estimate of drug-likeness (QED) is 0.363. The molecule has 0 aliphatic carbocycles. The molecule has 184 valence electrons. The molecule has 5 aromatic rings. The smallest absolute Gasteiger partial charge is 0.284 e. The maximum Gasteiger partial charge on any atom is 0.284 e. The first-order valence-electron chi connectivity index (χ1n) is 11.2. The van der Waals surface area contributed by atoms with Gasteiger partial charge in [-0.1, -0.05) is 0 Å². The molecule has 0 fully saturated rings. The largest absolute Gasteiger partial charge is 0.495 e. The summed E-state index contributed by atoms with van der Waals surface area (Å²) in [5, 5.41) is 6.89. The number of nitrogens with one attached hydrogen (secondary N) is 1. The number of nitrogens with zero attached hydrogens (tertiary/aromatic N) is 4. The normalized spacial score (nSPS) is 10.8. The lowest BCUT2D eigenvalue weighted by Gasteiger charge is -2.11. The number of halogens is 1. The number of carbonyl (C=O) groups excluding carboxylic acids is 1. The molecule has 0 bridgehead atoms. The molecule has 1 N–H and O–H groups in total. The molecule has 0 spiro atoms. The number of carbonyl (C=O) groups is 1. The third kappa shape index (κ3) is 4.98. The number of rotatable bonds is 6. The van der Waals surface area contributed by atoms with E-state index in [9.17, 15) is 14.0 Å². The van der Waals surface area contributed by atoms with Gasteiger partial charge in [0.1, 0.15) is 28.4 Å². The van der Waals surface area contributed by atoms with Gasteiger partial charge in [0.25, 0.3) is 11.5 Å². The Morgan fingerprint density at radius 3 is 2.46 bits per heavy atom. The number of ether oxygens (including phenoxy) is 2. The number of anilines is 1. The standard InChI is InChI=1S/C27H20FN5O4/c1-16-13-22(27(35)33(32-16)19-7-3-17(28)4-8-19)26(34)31-18-5-9-20(10-6-18)37-24-11-12-29-23-14-21(36-2)15-30-25(23)24/h3-15H,1-2H3,(H,31,34). The van der Waals surface area contributed by atoms with Crippen molar-refractivity contribution in [3.05, 3.63) is 107 Å². The van der Waals surface area contributed by atoms with Crippen LogP contribution in [-0.2, 0) is 0 Å². The first-order chi connectivity index (χ1) is 17.9. The molecule has 0 atom stereocenters. The van der Waals surface area contributed by atoms with E-state index in [0.29, 0.717) is 45.4 Å². The second-order valence-electron chi connectivity index (χ2n) is 8.03. The maximum absolute atomic E-state index is 13.3. The van der Waals surface area contributed by atoms with Crippen LogP contribution < -0.4 is 20.3 Å². The summed E-state index contributed by atoms with van der Waals surface area (Å²) in [6, 6.07) is 16.8. The van der Waals surface area contributed by atoms with Crippen molar-refractivity contribution in [2.75, 3.05) is 12.4 Å². The summed E-state index contributed by atoms with van der Waals surface area (Å²) in [6.45, 7) is 1.66. The van der Waals surface area contributed by atoms with Gasteiger partial charge < -0.3 is 14.8 Å². The monoisotopic (exact) mass is 497 g/mol. The highest BCUT2D eigenvalue weighted by Gasteiger charge is 2.16. The van der Waals surface area contributed by atoms with Crippen LogP contribution in [0.5, 0.6) is 17.2 Å². The summed E-state index contributed by atoms with van der Waals surface area (Å²) in [5.74, 6) is 0.576. The number of hydrogen-bond acceptors (Lipinski definition) is 7. The molecule has 10 heteroatoms. The summed E-state index contributed by atoms with van der Waals surface area (Å²) in [6.07, 6.45) is 3.20. The number of hydrogen-bond donors (Lipinski definition) is 1. The molecule has 0 unspecified atom stereocenters. The van der Waals surface area contributed by atoms with E-state index in [1.807, 2.05) is 0 Å². The van der Waals surface area contributed by atoms with Crippen molar-refractivity contribution in [3.63, 3.8) is 0 Å². The molecule has 3 heterocycles. The molecular formula is C27H20FN5O4. The van der Waals surface area contributed by atoms with E-state index in [1.54, 1.807) is 62.8 Å². The molecule has 0 saturated heterocycles. The van der Waals surface area contributed by atoms with Gasteiger partial charge in [-0.25, -0.2) is 9.37 Å². The number of fused-ring (bicyclic) bond motifs is 1. The molecule has 2 aromatic carbocycles. The molecule has 5 rings (SSSR count). The van der Waals surface area contributed by atoms with Crippen LogP contribution in [0, 0.1) is 12.7 Å². The van der Waals surface area contributed by atoms with E-state index in [-0.39, 0.29) is 5.56 Å². The first kappa shape index (κ1) is 23.6. The van der Waals surface area contributed by atoms with Crippen molar-refractivity contribution < 1.29 is 18.7 Å². The van der Waals surface area contributed by atoms with E-state index in [1.165, 1.54) is 30.3 Å². The Morgan fingerprint density at radius 1 is 0.973 bits per heavy atom. The SMILES string of the molecule is COc1cnc2c(Oc3ccc(NC(=O)c4cc(C)nn(-c5ccc(F)cc5)c4=O)cc3)ccnc2c1. The van der Waals surface area contributed by atoms with Crippen LogP contribution in [0.25, 0.3) is 16.7 Å². The lowest BCUT2D eigenvalue weighted by atomic mass is 10.2. The topological polar surface area (TPSA) is 108 Å². The van der Waals surface area contributed by atoms with Gasteiger partial charge in [0.15, 0.2) is 5.75 Å². The van der Waals surface area contributed by atoms with Crippen LogP contribution in [0.1, 0.15) is 16.1 Å². The molecule has 0 radical (unpaired) electrons. The van der Waals surface area contributed by atoms with E-state index >= 15 is 0 Å². The molecule has 0 aliphatic rings. The number of methoxy groups -OCH3 is 1. The van der Waals surface area contributed by atoms with Gasteiger partial charge in [-0.05, 0) is 61.5 Å². The fourth-order valence-corrected chi connectivity index (χ4v) is 3.65. The minimum atomic E-state index is -0.622. The van der Waals surface area contributed by atoms with Gasteiger partial charge in [-0.2, -0.15) is 9.78 Å². The molecule has 1 amide bonds. The van der Waals surface area contributed by atoms with Crippen molar-refractivity contribution >= 4 is 22.6 Å². The zero-order valence-electron chi connectivity index (χ0n) is 19.8. The fourth-order valence-electron chi connectivity index (χ4n) is 3.65. The summed E-state index contributed by atoms with van der Waals surface area (Å²) >= 11 is 0. The van der Waals surface area contributed by atoms with Crippen molar-refractivity contribution in [2.45, 2.75) is 6.92 Å². The highest BCUT2D eigenvalue weighted by atomic mass is 19.1. The van der Waals surface area contributed by atoms with E-state index in [0.717, 1.165) is 4.68 Å². The summed E-state index contributed by atoms with van der Waals surface area (Å²) < 4.78 is 25.5. The average Bonchev–Trinajstić information content (AvgIpc) is 2.91. The summed E-state index contributed by atoms with van der Waals surface area (Å²) in [7, 11) is 1.56. The Balaban J connectivity index is 1.35. The van der Waals surface area contributed by atoms with Crippen LogP contribution in [0.2, 0.25) is 0 Å². The van der Waals surface area contributed by atoms with Crippen LogP contribution in [-0.4, -0.2) is 32.8 Å². The zero-order chi connectivity index (χ0) is 25.9. The van der Waals surface area contributed by atoms with Gasteiger partial charge >= 0.3 is 0 Å². The lowest BCUT2D eigenvalue weighted by molar-refractivity contribution is 0.102. The van der Waals surface area contributed by atoms with Gasteiger partial charge in [0.05, 0.1) is 30.2 Å². The van der Waals surface area contributed by atoms with E-state index in [2.05, 4.69) is 20.4 Å². The predicted molar refractivity (Wildman–Crippen MR) is 135 cm³/mol. The van der Waals surface area contributed by atoms with Crippen molar-refractivity contribution in [3.8, 4) is 22.9 Å². The van der Waals surface area contributed by atoms with E-state index < -0.39 is 17.3 Å². The predicted octanol–water partition coefficient (Wildman–Crippen LogP) is 4.68. The van der Waals surface area contributed by atoms with Crippen molar-refractivity contribution in [1.29, 1.82) is 0 Å². The van der Waals surface area contributed by atoms with Crippen LogP contribution in [0.4, 0.5) is 10.1 Å². The molecule has 37 heavy (non-hydrogen) atoms. The Morgan fingerprint density at radius 2 is 1.73 bits per heavy atom. The Bertz CT molecular complexity index is 1670. The van der Waals surface area contributed by atoms with Gasteiger partial charge in [0.2, 0.25) is 0 Å². The number of aryl methyl sites for hydroxylation is 1. The van der Waals surface area contributed by atoms with Crippen LogP contribution in [0.15, 0.2) is 83.9 Å². The third-order valence-electron chi connectivity index (χ3n) is 5.44. The highest BCUT2D eigenvalue weighted by Crippen LogP contribution is 2.29. The second kappa shape index (κ2) is 9.86. The zero-order valence-corrected chi connectivity index (χ0v) is 19.8. The highest BCUT2D eigenvalue weighted by molar-refractivity contribution is 6.04. The van der Waals surface area contributed by atoms with Gasteiger partial charge in [-0.15, -0.1) is 0 Å². The number of pyridine rings is 2. The molecular weight excluding hydrogens is 477 g/mol. The fraction of sp³-hybridized carbons (Fsp3) is 0.0741. The Kier molecular flexibility index (Phi) is 6.29. The average molecular weight is 497 g/mol. The maximum atomic E-state index is 13.3. The number of benzene rings is 2. The Labute approximate surface area is 210 Å². The van der Waals surface area contributed by atoms with Crippen molar-refractivity contribution in [2.24, 2.45) is 0 Å². The first-order valence-corrected chi connectivity index (χ1v) is 11.2. The minimum absolute atomic E-state index is 0.0955. The lowest BCUT2D eigenvalue weighted by Crippen LogP contribution is -2.30. The second-order valence-corrected chi connectivity index (χ2v) is 8.03. The van der Waals surface area contributed by atoms with Gasteiger partial charge in [0, 0.05) is 24.0 Å². The van der Waals surface area contributed by atoms with Crippen LogP contribution in [0.3, 0.4) is 0 Å². The molecule has 3 aromatic heterocycles. The van der Waals surface area contributed by atoms with Crippen molar-refractivity contribution in [1.82, 2.24) is 19.7 Å². The van der Waals surface area contributed by atoms with Gasteiger partial charge in [-0.3, -0.25) is 14.6 Å². The number of aromatic nitrogens is 4. The number of amides is 1. The molecule has 0 aliphatic heterocycles. The molecule has 9 nitrogen and oxygen atoms in total. The third-order valence-corrected chi connectivity index (χ3v) is 5.44. The minimum Gasteiger partial charge on any atom is -0.495 e. The summed E-state index contributed by atoms with van der Waals surface area (Å²) in [4.78, 5) is 34.5. The Hall–Kier alpha value is -5.12. The van der Waals surface area contributed by atoms with Crippen LogP contribution >= 0.6 is 0 Å².